The number of hydrogen-bond acceptors (Lipinski definition) is 6. The first-order valence-electron chi connectivity index (χ1n) is 8.28. The molecule has 1 aromatic carbocycles. The molecule has 0 unspecified atom stereocenters. The minimum atomic E-state index is 0.430. The monoisotopic (exact) mass is 354 g/mol. The first kappa shape index (κ1) is 16.1. The van der Waals surface area contributed by atoms with E-state index in [9.17, 15) is 0 Å². The summed E-state index contributed by atoms with van der Waals surface area (Å²) >= 11 is 6.09. The molecule has 1 aliphatic rings. The number of hydrogen-bond donors (Lipinski definition) is 1. The van der Waals surface area contributed by atoms with Crippen LogP contribution in [0.2, 0.25) is 5.15 Å². The largest absolute Gasteiger partial charge is 0.340 e. The Bertz CT molecular complexity index is 877. The molecule has 6 nitrogen and oxygen atoms in total. The highest BCUT2D eigenvalue weighted by Crippen LogP contribution is 2.28. The van der Waals surface area contributed by atoms with Crippen LogP contribution < -0.4 is 10.2 Å². The summed E-state index contributed by atoms with van der Waals surface area (Å²) in [7, 11) is 2.13. The van der Waals surface area contributed by atoms with Gasteiger partial charge in [0.05, 0.1) is 11.7 Å². The number of pyridine rings is 1. The van der Waals surface area contributed by atoms with Crippen LogP contribution in [-0.4, -0.2) is 53.1 Å². The number of nitrogens with zero attached hydrogens (tertiary/aromatic N) is 5. The first-order valence-corrected chi connectivity index (χ1v) is 8.66. The zero-order valence-corrected chi connectivity index (χ0v) is 14.7. The summed E-state index contributed by atoms with van der Waals surface area (Å²) in [5, 5.41) is 4.68. The maximum Gasteiger partial charge on any atom is 0.228 e. The summed E-state index contributed by atoms with van der Waals surface area (Å²) in [4.78, 5) is 18.2. The normalized spacial score (nSPS) is 15.5. The van der Waals surface area contributed by atoms with Crippen LogP contribution in [0.15, 0.2) is 42.6 Å². The molecule has 25 heavy (non-hydrogen) atoms. The molecule has 0 bridgehead atoms. The fourth-order valence-electron chi connectivity index (χ4n) is 2.90. The van der Waals surface area contributed by atoms with E-state index < -0.39 is 0 Å². The minimum Gasteiger partial charge on any atom is -0.340 e. The van der Waals surface area contributed by atoms with E-state index in [1.165, 1.54) is 0 Å². The van der Waals surface area contributed by atoms with Gasteiger partial charge >= 0.3 is 0 Å². The maximum absolute atomic E-state index is 6.09. The molecule has 0 amide bonds. The molecule has 0 aliphatic carbocycles. The lowest BCUT2D eigenvalue weighted by atomic mass is 10.2. The van der Waals surface area contributed by atoms with Gasteiger partial charge in [-0.2, -0.15) is 4.98 Å². The highest BCUT2D eigenvalue weighted by molar-refractivity contribution is 6.30. The topological polar surface area (TPSA) is 57.2 Å². The van der Waals surface area contributed by atoms with Crippen LogP contribution in [0.4, 0.5) is 17.5 Å². The second-order valence-electron chi connectivity index (χ2n) is 6.18. The van der Waals surface area contributed by atoms with Gasteiger partial charge in [0, 0.05) is 37.3 Å². The molecule has 1 aliphatic heterocycles. The molecule has 1 N–H and O–H groups in total. The van der Waals surface area contributed by atoms with Gasteiger partial charge in [-0.25, -0.2) is 9.97 Å². The third kappa shape index (κ3) is 3.50. The fourth-order valence-corrected chi connectivity index (χ4v) is 3.05. The van der Waals surface area contributed by atoms with Crippen molar-refractivity contribution in [2.45, 2.75) is 0 Å². The second-order valence-corrected chi connectivity index (χ2v) is 6.56. The summed E-state index contributed by atoms with van der Waals surface area (Å²) < 4.78 is 0. The number of para-hydroxylation sites is 1. The van der Waals surface area contributed by atoms with E-state index in [1.54, 1.807) is 12.3 Å². The standard InChI is InChI=1S/C18H19ClN6/c1-24-7-9-25(10-8-24)18-22-15-12-20-16(19)11-14(15)17(23-18)21-13-5-3-2-4-6-13/h2-6,11-12H,7-10H2,1H3,(H,21,22,23). The van der Waals surface area contributed by atoms with Gasteiger partial charge in [-0.1, -0.05) is 29.8 Å². The number of aromatic nitrogens is 3. The van der Waals surface area contributed by atoms with E-state index in [2.05, 4.69) is 27.1 Å². The highest BCUT2D eigenvalue weighted by Gasteiger charge is 2.19. The predicted octanol–water partition coefficient (Wildman–Crippen LogP) is 3.17. The van der Waals surface area contributed by atoms with Crippen molar-refractivity contribution >= 4 is 40.0 Å². The minimum absolute atomic E-state index is 0.430. The molecule has 4 rings (SSSR count). The Kier molecular flexibility index (Phi) is 4.38. The van der Waals surface area contributed by atoms with E-state index in [0.29, 0.717) is 5.15 Å². The molecule has 0 radical (unpaired) electrons. The molecule has 0 saturated carbocycles. The number of nitrogens with one attached hydrogen (secondary N) is 1. The Balaban J connectivity index is 1.76. The molecule has 3 heterocycles. The van der Waals surface area contributed by atoms with Crippen molar-refractivity contribution in [3.63, 3.8) is 0 Å². The zero-order chi connectivity index (χ0) is 17.2. The first-order chi connectivity index (χ1) is 12.2. The average Bonchev–Trinajstić information content (AvgIpc) is 2.63. The third-order valence-corrected chi connectivity index (χ3v) is 4.57. The molecule has 0 spiro atoms. The van der Waals surface area contributed by atoms with Crippen molar-refractivity contribution in [3.8, 4) is 0 Å². The summed E-state index contributed by atoms with van der Waals surface area (Å²) in [6, 6.07) is 11.8. The molecular formula is C18H19ClN6. The molecule has 128 valence electrons. The molecule has 1 saturated heterocycles. The van der Waals surface area contributed by atoms with Crippen LogP contribution in [0.5, 0.6) is 0 Å². The SMILES string of the molecule is CN1CCN(c2nc(Nc3ccccc3)c3cc(Cl)ncc3n2)CC1. The Morgan fingerprint density at radius 1 is 1.04 bits per heavy atom. The lowest BCUT2D eigenvalue weighted by molar-refractivity contribution is 0.311. The summed E-state index contributed by atoms with van der Waals surface area (Å²) in [5.41, 5.74) is 1.76. The Morgan fingerprint density at radius 3 is 2.56 bits per heavy atom. The lowest BCUT2D eigenvalue weighted by Crippen LogP contribution is -2.45. The van der Waals surface area contributed by atoms with Crippen molar-refractivity contribution in [1.82, 2.24) is 19.9 Å². The summed E-state index contributed by atoms with van der Waals surface area (Å²) in [6.45, 7) is 3.82. The molecule has 1 fully saturated rings. The fraction of sp³-hybridized carbons (Fsp3) is 0.278. The van der Waals surface area contributed by atoms with E-state index in [4.69, 9.17) is 21.6 Å². The van der Waals surface area contributed by atoms with Gasteiger partial charge in [0.1, 0.15) is 11.0 Å². The molecule has 7 heteroatoms. The average molecular weight is 355 g/mol. The van der Waals surface area contributed by atoms with Crippen LogP contribution in [0, 0.1) is 0 Å². The Hall–Kier alpha value is -2.44. The van der Waals surface area contributed by atoms with Gasteiger partial charge in [-0.3, -0.25) is 0 Å². The van der Waals surface area contributed by atoms with Crippen molar-refractivity contribution < 1.29 is 0 Å². The zero-order valence-electron chi connectivity index (χ0n) is 14.0. The van der Waals surface area contributed by atoms with E-state index in [0.717, 1.165) is 54.5 Å². The Morgan fingerprint density at radius 2 is 1.80 bits per heavy atom. The van der Waals surface area contributed by atoms with Gasteiger partial charge in [0.25, 0.3) is 0 Å². The number of benzene rings is 1. The number of likely N-dealkylation sites (N-methyl/N-ethyl adjacent to an activating group) is 1. The highest BCUT2D eigenvalue weighted by atomic mass is 35.5. The second kappa shape index (κ2) is 6.82. The molecular weight excluding hydrogens is 336 g/mol. The number of fused-ring (bicyclic) bond motifs is 1. The number of anilines is 3. The van der Waals surface area contributed by atoms with Crippen molar-refractivity contribution in [2.24, 2.45) is 0 Å². The molecule has 3 aromatic rings. The number of rotatable bonds is 3. The van der Waals surface area contributed by atoms with Crippen LogP contribution >= 0.6 is 11.6 Å². The van der Waals surface area contributed by atoms with Gasteiger partial charge in [-0.15, -0.1) is 0 Å². The smallest absolute Gasteiger partial charge is 0.228 e. The lowest BCUT2D eigenvalue weighted by Gasteiger charge is -2.32. The van der Waals surface area contributed by atoms with E-state index >= 15 is 0 Å². The van der Waals surface area contributed by atoms with Crippen LogP contribution in [0.3, 0.4) is 0 Å². The number of halogens is 1. The van der Waals surface area contributed by atoms with Gasteiger partial charge in [0.15, 0.2) is 0 Å². The van der Waals surface area contributed by atoms with Crippen molar-refractivity contribution in [3.05, 3.63) is 47.7 Å². The van der Waals surface area contributed by atoms with Crippen molar-refractivity contribution in [1.29, 1.82) is 0 Å². The quantitative estimate of drug-likeness (QED) is 0.729. The van der Waals surface area contributed by atoms with Crippen LogP contribution in [0.1, 0.15) is 0 Å². The molecule has 2 aromatic heterocycles. The third-order valence-electron chi connectivity index (χ3n) is 4.36. The number of piperazine rings is 1. The van der Waals surface area contributed by atoms with E-state index in [-0.39, 0.29) is 0 Å². The predicted molar refractivity (Wildman–Crippen MR) is 102 cm³/mol. The van der Waals surface area contributed by atoms with Gasteiger partial charge in [-0.05, 0) is 25.2 Å². The molecule has 0 atom stereocenters. The maximum atomic E-state index is 6.09. The summed E-state index contributed by atoms with van der Waals surface area (Å²) in [6.07, 6.45) is 1.70. The van der Waals surface area contributed by atoms with Gasteiger partial charge in [0.2, 0.25) is 5.95 Å². The van der Waals surface area contributed by atoms with Crippen molar-refractivity contribution in [2.75, 3.05) is 43.4 Å². The Labute approximate surface area is 151 Å². The van der Waals surface area contributed by atoms with E-state index in [1.807, 2.05) is 30.3 Å². The summed E-state index contributed by atoms with van der Waals surface area (Å²) in [5.74, 6) is 1.47. The van der Waals surface area contributed by atoms with Gasteiger partial charge < -0.3 is 15.1 Å². The van der Waals surface area contributed by atoms with Crippen LogP contribution in [-0.2, 0) is 0 Å². The van der Waals surface area contributed by atoms with Crippen LogP contribution in [0.25, 0.3) is 10.9 Å².